The van der Waals surface area contributed by atoms with Gasteiger partial charge < -0.3 is 10.1 Å². The van der Waals surface area contributed by atoms with Crippen molar-refractivity contribution in [1.29, 1.82) is 0 Å². The highest BCUT2D eigenvalue weighted by atomic mass is 19.4. The number of alkyl halides is 3. The summed E-state index contributed by atoms with van der Waals surface area (Å²) in [5, 5.41) is 2.85. The zero-order valence-electron chi connectivity index (χ0n) is 17.1. The molecule has 1 unspecified atom stereocenters. The van der Waals surface area contributed by atoms with Gasteiger partial charge in [-0.3, -0.25) is 19.5 Å². The minimum atomic E-state index is -5.18. The molecule has 6 nitrogen and oxygen atoms in total. The number of anilines is 1. The molecule has 1 aromatic heterocycles. The lowest BCUT2D eigenvalue weighted by Gasteiger charge is -2.33. The highest BCUT2D eigenvalue weighted by Crippen LogP contribution is 2.34. The number of methoxy groups -OCH3 is 1. The first-order valence-electron chi connectivity index (χ1n) is 10.1. The number of carbonyl (C=O) groups is 2. The summed E-state index contributed by atoms with van der Waals surface area (Å²) >= 11 is 0. The Hall–Kier alpha value is -3.10. The number of halogens is 3. The number of nitrogens with zero attached hydrogens (tertiary/aromatic N) is 2. The van der Waals surface area contributed by atoms with Gasteiger partial charge in [0.25, 0.3) is 0 Å². The first-order chi connectivity index (χ1) is 14.8. The van der Waals surface area contributed by atoms with E-state index in [1.54, 1.807) is 6.07 Å². The minimum absolute atomic E-state index is 0.0951. The quantitative estimate of drug-likeness (QED) is 0.739. The second kappa shape index (κ2) is 9.80. The van der Waals surface area contributed by atoms with Crippen LogP contribution in [0, 0.1) is 0 Å². The van der Waals surface area contributed by atoms with Crippen LogP contribution in [0.5, 0.6) is 5.75 Å². The second-order valence-corrected chi connectivity index (χ2v) is 7.40. The lowest BCUT2D eigenvalue weighted by atomic mass is 9.94. The van der Waals surface area contributed by atoms with Crippen LogP contribution in [0.25, 0.3) is 0 Å². The summed E-state index contributed by atoms with van der Waals surface area (Å²) < 4.78 is 45.9. The average molecular weight is 435 g/mol. The molecule has 1 heterocycles. The van der Waals surface area contributed by atoms with E-state index in [2.05, 4.69) is 10.3 Å². The van der Waals surface area contributed by atoms with E-state index in [0.717, 1.165) is 32.1 Å². The summed E-state index contributed by atoms with van der Waals surface area (Å²) in [4.78, 5) is 30.2. The van der Waals surface area contributed by atoms with Crippen LogP contribution in [-0.2, 0) is 9.59 Å². The summed E-state index contributed by atoms with van der Waals surface area (Å²) in [5.41, 5.74) is 0.131. The van der Waals surface area contributed by atoms with Gasteiger partial charge in [0.2, 0.25) is 5.91 Å². The summed E-state index contributed by atoms with van der Waals surface area (Å²) in [6.45, 7) is 0. The highest BCUT2D eigenvalue weighted by Gasteiger charge is 2.47. The smallest absolute Gasteiger partial charge is 0.471 e. The number of benzene rings is 1. The molecule has 1 aromatic carbocycles. The van der Waals surface area contributed by atoms with Crippen molar-refractivity contribution in [2.75, 3.05) is 12.0 Å². The Morgan fingerprint density at radius 3 is 2.42 bits per heavy atom. The number of amides is 2. The Bertz CT molecular complexity index is 900. The fourth-order valence-electron chi connectivity index (χ4n) is 3.77. The molecule has 3 rings (SSSR count). The van der Waals surface area contributed by atoms with Crippen molar-refractivity contribution >= 4 is 17.5 Å². The van der Waals surface area contributed by atoms with Gasteiger partial charge in [-0.15, -0.1) is 0 Å². The van der Waals surface area contributed by atoms with E-state index in [1.807, 2.05) is 0 Å². The lowest BCUT2D eigenvalue weighted by Crippen LogP contribution is -2.50. The van der Waals surface area contributed by atoms with Crippen molar-refractivity contribution in [1.82, 2.24) is 10.3 Å². The Morgan fingerprint density at radius 2 is 1.81 bits per heavy atom. The van der Waals surface area contributed by atoms with Crippen LogP contribution in [0.1, 0.15) is 43.7 Å². The first kappa shape index (κ1) is 22.6. The molecule has 166 valence electrons. The number of pyridine rings is 1. The van der Waals surface area contributed by atoms with Crippen molar-refractivity contribution < 1.29 is 27.5 Å². The fraction of sp³-hybridized carbons (Fsp3) is 0.409. The molecule has 1 saturated carbocycles. The van der Waals surface area contributed by atoms with Gasteiger partial charge in [0, 0.05) is 30.2 Å². The van der Waals surface area contributed by atoms with Gasteiger partial charge in [-0.2, -0.15) is 13.2 Å². The molecular weight excluding hydrogens is 411 g/mol. The normalized spacial score (nSPS) is 15.7. The standard InChI is InChI=1S/C22H24F3N3O3/c1-31-18-9-5-8-17(14-18)28(21(30)22(23,24)25)19(15-10-12-26-13-11-15)20(29)27-16-6-3-2-4-7-16/h5,8-14,16,19H,2-4,6-7H2,1H3,(H,27,29). The van der Waals surface area contributed by atoms with Gasteiger partial charge >= 0.3 is 12.1 Å². The maximum absolute atomic E-state index is 13.6. The molecule has 0 spiro atoms. The molecule has 1 aliphatic carbocycles. The zero-order valence-corrected chi connectivity index (χ0v) is 17.1. The first-order valence-corrected chi connectivity index (χ1v) is 10.1. The molecule has 0 saturated heterocycles. The molecule has 0 radical (unpaired) electrons. The Labute approximate surface area is 178 Å². The van der Waals surface area contributed by atoms with E-state index in [-0.39, 0.29) is 23.0 Å². The lowest BCUT2D eigenvalue weighted by molar-refractivity contribution is -0.171. The third-order valence-corrected chi connectivity index (χ3v) is 5.27. The summed E-state index contributed by atoms with van der Waals surface area (Å²) in [6, 6.07) is 6.85. The fourth-order valence-corrected chi connectivity index (χ4v) is 3.77. The zero-order chi connectivity index (χ0) is 22.4. The maximum atomic E-state index is 13.6. The molecule has 9 heteroatoms. The SMILES string of the molecule is COc1cccc(N(C(=O)C(F)(F)F)C(C(=O)NC2CCCCC2)c2ccncc2)c1. The molecule has 2 aromatic rings. The van der Waals surface area contributed by atoms with Crippen LogP contribution in [0.15, 0.2) is 48.8 Å². The molecule has 1 fully saturated rings. The number of hydrogen-bond acceptors (Lipinski definition) is 4. The van der Waals surface area contributed by atoms with Crippen LogP contribution in [0.3, 0.4) is 0 Å². The van der Waals surface area contributed by atoms with Gasteiger partial charge in [0.1, 0.15) is 11.8 Å². The van der Waals surface area contributed by atoms with E-state index in [0.29, 0.717) is 4.90 Å². The summed E-state index contributed by atoms with van der Waals surface area (Å²) in [7, 11) is 1.37. The number of carbonyl (C=O) groups excluding carboxylic acids is 2. The number of nitrogens with one attached hydrogen (secondary N) is 1. The van der Waals surface area contributed by atoms with Crippen LogP contribution < -0.4 is 15.0 Å². The van der Waals surface area contributed by atoms with Crippen LogP contribution in [-0.4, -0.2) is 36.1 Å². The maximum Gasteiger partial charge on any atom is 0.471 e. The van der Waals surface area contributed by atoms with E-state index in [9.17, 15) is 22.8 Å². The van der Waals surface area contributed by atoms with Gasteiger partial charge in [-0.05, 0) is 42.7 Å². The van der Waals surface area contributed by atoms with Gasteiger partial charge in [0.15, 0.2) is 0 Å². The minimum Gasteiger partial charge on any atom is -0.497 e. The molecule has 1 aliphatic rings. The summed E-state index contributed by atoms with van der Waals surface area (Å²) in [5.74, 6) is -2.54. The third-order valence-electron chi connectivity index (χ3n) is 5.27. The van der Waals surface area contributed by atoms with E-state index in [4.69, 9.17) is 4.74 Å². The Kier molecular flexibility index (Phi) is 7.14. The van der Waals surface area contributed by atoms with Crippen LogP contribution in [0.2, 0.25) is 0 Å². The number of rotatable bonds is 6. The van der Waals surface area contributed by atoms with E-state index in [1.165, 1.54) is 49.8 Å². The predicted molar refractivity (Wildman–Crippen MR) is 109 cm³/mol. The molecule has 0 bridgehead atoms. The third kappa shape index (κ3) is 5.53. The van der Waals surface area contributed by atoms with E-state index >= 15 is 0 Å². The van der Waals surface area contributed by atoms with Gasteiger partial charge in [0.05, 0.1) is 7.11 Å². The Balaban J connectivity index is 2.07. The molecule has 0 aliphatic heterocycles. The van der Waals surface area contributed by atoms with Crippen LogP contribution in [0.4, 0.5) is 18.9 Å². The molecular formula is C22H24F3N3O3. The monoisotopic (exact) mass is 435 g/mol. The topological polar surface area (TPSA) is 71.5 Å². The second-order valence-electron chi connectivity index (χ2n) is 7.40. The predicted octanol–water partition coefficient (Wildman–Crippen LogP) is 4.18. The highest BCUT2D eigenvalue weighted by molar-refractivity contribution is 6.04. The van der Waals surface area contributed by atoms with Gasteiger partial charge in [-0.25, -0.2) is 0 Å². The van der Waals surface area contributed by atoms with Crippen LogP contribution >= 0.6 is 0 Å². The van der Waals surface area contributed by atoms with Crippen molar-refractivity contribution in [2.24, 2.45) is 0 Å². The summed E-state index contributed by atoms with van der Waals surface area (Å²) in [6.07, 6.45) is 2.00. The molecule has 1 N–H and O–H groups in total. The number of aromatic nitrogens is 1. The van der Waals surface area contributed by atoms with E-state index < -0.39 is 24.0 Å². The van der Waals surface area contributed by atoms with Crippen molar-refractivity contribution in [3.05, 3.63) is 54.4 Å². The average Bonchev–Trinajstić information content (AvgIpc) is 2.77. The van der Waals surface area contributed by atoms with Crippen molar-refractivity contribution in [3.63, 3.8) is 0 Å². The van der Waals surface area contributed by atoms with Crippen molar-refractivity contribution in [2.45, 2.75) is 50.4 Å². The van der Waals surface area contributed by atoms with Crippen molar-refractivity contribution in [3.8, 4) is 5.75 Å². The Morgan fingerprint density at radius 1 is 1.13 bits per heavy atom. The largest absolute Gasteiger partial charge is 0.497 e. The molecule has 1 atom stereocenters. The molecule has 2 amide bonds. The number of hydrogen-bond donors (Lipinski definition) is 1. The number of ether oxygens (including phenoxy) is 1. The molecule has 31 heavy (non-hydrogen) atoms. The van der Waals surface area contributed by atoms with Gasteiger partial charge in [-0.1, -0.05) is 25.3 Å².